The Bertz CT molecular complexity index is 524. The quantitative estimate of drug-likeness (QED) is 0.480. The second-order valence-electron chi connectivity index (χ2n) is 6.35. The Morgan fingerprint density at radius 3 is 2.25 bits per heavy atom. The molecule has 108 valence electrons. The van der Waals surface area contributed by atoms with Crippen molar-refractivity contribution < 1.29 is 14.5 Å². The summed E-state index contributed by atoms with van der Waals surface area (Å²) in [6, 6.07) is 6.47. The van der Waals surface area contributed by atoms with Gasteiger partial charge in [0.05, 0.1) is 11.3 Å². The summed E-state index contributed by atoms with van der Waals surface area (Å²) in [7, 11) is 0. The molecule has 0 radical (unpaired) electrons. The molecular formula is C15H19NO4. The monoisotopic (exact) mass is 277 g/mol. The number of nitrogens with zero attached hydrogens (tertiary/aromatic N) is 1. The van der Waals surface area contributed by atoms with Gasteiger partial charge in [-0.1, -0.05) is 12.1 Å². The van der Waals surface area contributed by atoms with E-state index < -0.39 is 10.5 Å². The fraction of sp³-hybridized carbons (Fsp3) is 0.533. The number of carbonyl (C=O) groups excluding carboxylic acids is 1. The number of non-ortho nitro benzene ring substituents is 1. The molecular weight excluding hydrogens is 258 g/mol. The van der Waals surface area contributed by atoms with Crippen LogP contribution in [0.2, 0.25) is 0 Å². The molecule has 1 aromatic rings. The van der Waals surface area contributed by atoms with Gasteiger partial charge in [0.25, 0.3) is 5.69 Å². The molecule has 5 heteroatoms. The highest BCUT2D eigenvalue weighted by Gasteiger charge is 2.46. The molecule has 1 aliphatic carbocycles. The van der Waals surface area contributed by atoms with E-state index >= 15 is 0 Å². The van der Waals surface area contributed by atoms with E-state index in [4.69, 9.17) is 4.74 Å². The number of esters is 1. The molecule has 1 aliphatic rings. The summed E-state index contributed by atoms with van der Waals surface area (Å²) < 4.78 is 5.35. The summed E-state index contributed by atoms with van der Waals surface area (Å²) >= 11 is 0. The van der Waals surface area contributed by atoms with Crippen LogP contribution in [0.3, 0.4) is 0 Å². The van der Waals surface area contributed by atoms with Crippen LogP contribution < -0.4 is 0 Å². The van der Waals surface area contributed by atoms with Crippen molar-refractivity contribution >= 4 is 11.7 Å². The average Bonchev–Trinajstić information content (AvgIpc) is 3.07. The Balaban J connectivity index is 2.08. The lowest BCUT2D eigenvalue weighted by molar-refractivity contribution is -0.384. The van der Waals surface area contributed by atoms with Crippen molar-refractivity contribution in [2.45, 2.75) is 51.0 Å². The van der Waals surface area contributed by atoms with Crippen molar-refractivity contribution in [3.05, 3.63) is 39.9 Å². The molecule has 0 bridgehead atoms. The first kappa shape index (κ1) is 14.5. The number of rotatable bonds is 4. The molecule has 2 rings (SSSR count). The van der Waals surface area contributed by atoms with Crippen LogP contribution in [0.5, 0.6) is 0 Å². The minimum atomic E-state index is -0.483. The van der Waals surface area contributed by atoms with E-state index in [2.05, 4.69) is 0 Å². The minimum Gasteiger partial charge on any atom is -0.460 e. The number of hydrogen-bond acceptors (Lipinski definition) is 4. The highest BCUT2D eigenvalue weighted by molar-refractivity contribution is 5.73. The minimum absolute atomic E-state index is 0.0711. The first-order valence-electron chi connectivity index (χ1n) is 6.69. The van der Waals surface area contributed by atoms with Crippen molar-refractivity contribution in [1.82, 2.24) is 0 Å². The number of benzene rings is 1. The molecule has 5 nitrogen and oxygen atoms in total. The SMILES string of the molecule is CC(C)(C)OC(=O)CC1(c2ccc([N+](=O)[O-])cc2)CC1. The zero-order chi connectivity index (χ0) is 15.0. The fourth-order valence-corrected chi connectivity index (χ4v) is 2.31. The Hall–Kier alpha value is -1.91. The molecule has 1 fully saturated rings. The molecule has 1 saturated carbocycles. The maximum absolute atomic E-state index is 11.9. The Morgan fingerprint density at radius 2 is 1.85 bits per heavy atom. The van der Waals surface area contributed by atoms with Gasteiger partial charge in [-0.15, -0.1) is 0 Å². The van der Waals surface area contributed by atoms with Crippen LogP contribution in [-0.4, -0.2) is 16.5 Å². The Kier molecular flexibility index (Phi) is 3.54. The lowest BCUT2D eigenvalue weighted by Gasteiger charge is -2.22. The number of nitro benzene ring substituents is 1. The molecule has 0 spiro atoms. The second-order valence-corrected chi connectivity index (χ2v) is 6.35. The lowest BCUT2D eigenvalue weighted by Crippen LogP contribution is -2.26. The molecule has 0 atom stereocenters. The number of nitro groups is 1. The van der Waals surface area contributed by atoms with Gasteiger partial charge in [0.1, 0.15) is 5.60 Å². The van der Waals surface area contributed by atoms with Crippen molar-refractivity contribution in [2.24, 2.45) is 0 Å². The van der Waals surface area contributed by atoms with Gasteiger partial charge >= 0.3 is 5.97 Å². The summed E-state index contributed by atoms with van der Waals surface area (Å²) in [4.78, 5) is 22.2. The average molecular weight is 277 g/mol. The Labute approximate surface area is 118 Å². The zero-order valence-electron chi connectivity index (χ0n) is 12.0. The standard InChI is InChI=1S/C15H19NO4/c1-14(2,3)20-13(17)10-15(8-9-15)11-4-6-12(7-5-11)16(18)19/h4-7H,8-10H2,1-3H3. The normalized spacial score (nSPS) is 16.6. The van der Waals surface area contributed by atoms with E-state index in [-0.39, 0.29) is 17.1 Å². The first-order chi connectivity index (χ1) is 9.22. The van der Waals surface area contributed by atoms with Crippen LogP contribution in [0.1, 0.15) is 45.6 Å². The molecule has 0 aromatic heterocycles. The molecule has 20 heavy (non-hydrogen) atoms. The summed E-state index contributed by atoms with van der Waals surface area (Å²) in [5, 5.41) is 10.6. The molecule has 0 N–H and O–H groups in total. The molecule has 1 aromatic carbocycles. The zero-order valence-corrected chi connectivity index (χ0v) is 12.0. The van der Waals surface area contributed by atoms with Gasteiger partial charge in [-0.05, 0) is 39.2 Å². The fourth-order valence-electron chi connectivity index (χ4n) is 2.31. The van der Waals surface area contributed by atoms with Crippen molar-refractivity contribution in [2.75, 3.05) is 0 Å². The van der Waals surface area contributed by atoms with E-state index in [0.717, 1.165) is 18.4 Å². The van der Waals surface area contributed by atoms with Gasteiger partial charge in [-0.3, -0.25) is 14.9 Å². The highest BCUT2D eigenvalue weighted by atomic mass is 16.6. The predicted molar refractivity (Wildman–Crippen MR) is 74.5 cm³/mol. The van der Waals surface area contributed by atoms with E-state index in [9.17, 15) is 14.9 Å². The summed E-state index contributed by atoms with van der Waals surface area (Å²) in [6.07, 6.45) is 2.18. The van der Waals surface area contributed by atoms with E-state index in [0.29, 0.717) is 6.42 Å². The third-order valence-electron chi connectivity index (χ3n) is 3.45. The van der Waals surface area contributed by atoms with Gasteiger partial charge in [-0.25, -0.2) is 0 Å². The third kappa shape index (κ3) is 3.35. The van der Waals surface area contributed by atoms with E-state index in [1.165, 1.54) is 12.1 Å². The molecule has 0 aliphatic heterocycles. The van der Waals surface area contributed by atoms with Crippen molar-refractivity contribution in [3.63, 3.8) is 0 Å². The maximum Gasteiger partial charge on any atom is 0.307 e. The van der Waals surface area contributed by atoms with Gasteiger partial charge in [0.15, 0.2) is 0 Å². The summed E-state index contributed by atoms with van der Waals surface area (Å²) in [5.74, 6) is -0.214. The Morgan fingerprint density at radius 1 is 1.30 bits per heavy atom. The highest BCUT2D eigenvalue weighted by Crippen LogP contribution is 2.51. The lowest BCUT2D eigenvalue weighted by atomic mass is 9.92. The first-order valence-corrected chi connectivity index (χ1v) is 6.69. The third-order valence-corrected chi connectivity index (χ3v) is 3.45. The largest absolute Gasteiger partial charge is 0.460 e. The van der Waals surface area contributed by atoms with E-state index in [1.807, 2.05) is 20.8 Å². The van der Waals surface area contributed by atoms with Crippen LogP contribution in [0, 0.1) is 10.1 Å². The topological polar surface area (TPSA) is 69.4 Å². The summed E-state index contributed by atoms with van der Waals surface area (Å²) in [5.41, 5.74) is 0.385. The van der Waals surface area contributed by atoms with Crippen LogP contribution in [0.25, 0.3) is 0 Å². The van der Waals surface area contributed by atoms with Crippen LogP contribution in [0.15, 0.2) is 24.3 Å². The summed E-state index contributed by atoms with van der Waals surface area (Å²) in [6.45, 7) is 5.53. The van der Waals surface area contributed by atoms with Gasteiger partial charge < -0.3 is 4.74 Å². The number of ether oxygens (including phenoxy) is 1. The smallest absolute Gasteiger partial charge is 0.307 e. The number of carbonyl (C=O) groups is 1. The van der Waals surface area contributed by atoms with Crippen LogP contribution in [-0.2, 0) is 14.9 Å². The van der Waals surface area contributed by atoms with Gasteiger partial charge in [-0.2, -0.15) is 0 Å². The van der Waals surface area contributed by atoms with Gasteiger partial charge in [0.2, 0.25) is 0 Å². The molecule has 0 unspecified atom stereocenters. The molecule has 0 heterocycles. The maximum atomic E-state index is 11.9. The molecule has 0 amide bonds. The number of hydrogen-bond donors (Lipinski definition) is 0. The van der Waals surface area contributed by atoms with Crippen molar-refractivity contribution in [1.29, 1.82) is 0 Å². The van der Waals surface area contributed by atoms with E-state index in [1.54, 1.807) is 12.1 Å². The van der Waals surface area contributed by atoms with Gasteiger partial charge in [0, 0.05) is 17.5 Å². The molecule has 0 saturated heterocycles. The predicted octanol–water partition coefficient (Wildman–Crippen LogP) is 3.36. The van der Waals surface area contributed by atoms with Crippen molar-refractivity contribution in [3.8, 4) is 0 Å². The van der Waals surface area contributed by atoms with Crippen LogP contribution >= 0.6 is 0 Å². The second kappa shape index (κ2) is 4.89. The van der Waals surface area contributed by atoms with Crippen LogP contribution in [0.4, 0.5) is 5.69 Å².